The first-order chi connectivity index (χ1) is 9.69. The highest BCUT2D eigenvalue weighted by Gasteiger charge is 2.42. The monoisotopic (exact) mass is 376 g/mol. The Morgan fingerprint density at radius 1 is 1.41 bits per heavy atom. The van der Waals surface area contributed by atoms with Crippen molar-refractivity contribution in [2.24, 2.45) is 0 Å². The van der Waals surface area contributed by atoms with Gasteiger partial charge >= 0.3 is 0 Å². The molecule has 1 aliphatic heterocycles. The first-order valence-electron chi connectivity index (χ1n) is 6.25. The van der Waals surface area contributed by atoms with Crippen LogP contribution in [0, 0.1) is 5.82 Å². The standard InChI is InChI=1S/C13H13Cl2F3N2O.ClH/c1-6(7-2-10(16)9(15)3-8(7)14)20-12(21)11-4-13(17,18)5-19-11;/h2-3,6,11,19H,4-5H2,1H3,(H,20,21);1H. The minimum atomic E-state index is -2.89. The van der Waals surface area contributed by atoms with Gasteiger partial charge in [-0.05, 0) is 24.6 Å². The molecule has 1 aromatic carbocycles. The molecule has 2 atom stereocenters. The molecule has 124 valence electrons. The molecule has 0 saturated carbocycles. The van der Waals surface area contributed by atoms with Gasteiger partial charge in [0.1, 0.15) is 5.82 Å². The maximum Gasteiger partial charge on any atom is 0.262 e. The SMILES string of the molecule is CC(NC(=O)C1CC(F)(F)CN1)c1cc(F)c(Cl)cc1Cl.Cl. The average Bonchev–Trinajstić information content (AvgIpc) is 2.74. The van der Waals surface area contributed by atoms with Crippen LogP contribution in [0.3, 0.4) is 0 Å². The Labute approximate surface area is 141 Å². The van der Waals surface area contributed by atoms with Crippen molar-refractivity contribution in [2.75, 3.05) is 6.54 Å². The minimum absolute atomic E-state index is 0. The van der Waals surface area contributed by atoms with Gasteiger partial charge in [0.2, 0.25) is 5.91 Å². The summed E-state index contributed by atoms with van der Waals surface area (Å²) in [7, 11) is 0. The van der Waals surface area contributed by atoms with Gasteiger partial charge < -0.3 is 5.32 Å². The summed E-state index contributed by atoms with van der Waals surface area (Å²) >= 11 is 11.5. The van der Waals surface area contributed by atoms with Crippen molar-refractivity contribution in [2.45, 2.75) is 31.4 Å². The lowest BCUT2D eigenvalue weighted by atomic mass is 10.1. The van der Waals surface area contributed by atoms with Crippen LogP contribution in [0.25, 0.3) is 0 Å². The van der Waals surface area contributed by atoms with Crippen LogP contribution in [-0.4, -0.2) is 24.4 Å². The van der Waals surface area contributed by atoms with Gasteiger partial charge in [-0.15, -0.1) is 12.4 Å². The molecule has 2 unspecified atom stereocenters. The van der Waals surface area contributed by atoms with Crippen LogP contribution >= 0.6 is 35.6 Å². The maximum absolute atomic E-state index is 13.4. The number of nitrogens with one attached hydrogen (secondary N) is 2. The molecular formula is C13H14Cl3F3N2O. The van der Waals surface area contributed by atoms with Gasteiger partial charge in [-0.25, -0.2) is 13.2 Å². The van der Waals surface area contributed by atoms with E-state index in [4.69, 9.17) is 23.2 Å². The molecule has 3 nitrogen and oxygen atoms in total. The van der Waals surface area contributed by atoms with Gasteiger partial charge in [0, 0.05) is 11.4 Å². The van der Waals surface area contributed by atoms with Crippen molar-refractivity contribution in [3.05, 3.63) is 33.6 Å². The molecule has 0 aromatic heterocycles. The summed E-state index contributed by atoms with van der Waals surface area (Å²) in [6.07, 6.45) is -0.561. The van der Waals surface area contributed by atoms with Crippen LogP contribution < -0.4 is 10.6 Å². The Morgan fingerprint density at radius 3 is 2.59 bits per heavy atom. The molecule has 22 heavy (non-hydrogen) atoms. The molecule has 0 aliphatic carbocycles. The normalized spacial score (nSPS) is 21.1. The fourth-order valence-corrected chi connectivity index (χ4v) is 2.71. The fourth-order valence-electron chi connectivity index (χ4n) is 2.16. The Morgan fingerprint density at radius 2 is 2.05 bits per heavy atom. The van der Waals surface area contributed by atoms with Crippen LogP contribution in [0.5, 0.6) is 0 Å². The lowest BCUT2D eigenvalue weighted by Crippen LogP contribution is -2.41. The molecule has 1 amide bonds. The average molecular weight is 378 g/mol. The topological polar surface area (TPSA) is 41.1 Å². The second-order valence-electron chi connectivity index (χ2n) is 5.01. The molecule has 1 fully saturated rings. The molecule has 9 heteroatoms. The number of hydrogen-bond acceptors (Lipinski definition) is 2. The minimum Gasteiger partial charge on any atom is -0.348 e. The number of alkyl halides is 2. The molecule has 0 radical (unpaired) electrons. The largest absolute Gasteiger partial charge is 0.348 e. The van der Waals surface area contributed by atoms with Crippen LogP contribution in [0.4, 0.5) is 13.2 Å². The van der Waals surface area contributed by atoms with Gasteiger partial charge in [-0.2, -0.15) is 0 Å². The van der Waals surface area contributed by atoms with Crippen LogP contribution in [-0.2, 0) is 4.79 Å². The summed E-state index contributed by atoms with van der Waals surface area (Å²) in [5, 5.41) is 5.05. The van der Waals surface area contributed by atoms with E-state index in [1.165, 1.54) is 6.07 Å². The van der Waals surface area contributed by atoms with Crippen molar-refractivity contribution in [1.82, 2.24) is 10.6 Å². The summed E-state index contributed by atoms with van der Waals surface area (Å²) < 4.78 is 39.5. The number of benzene rings is 1. The van der Waals surface area contributed by atoms with Gasteiger partial charge in [0.15, 0.2) is 0 Å². The summed E-state index contributed by atoms with van der Waals surface area (Å²) in [6, 6.07) is 0.746. The number of amides is 1. The highest BCUT2D eigenvalue weighted by molar-refractivity contribution is 6.35. The summed E-state index contributed by atoms with van der Waals surface area (Å²) in [5.41, 5.74) is 0.330. The van der Waals surface area contributed by atoms with Crippen LogP contribution in [0.15, 0.2) is 12.1 Å². The predicted octanol–water partition coefficient (Wildman–Crippen LogP) is 3.73. The highest BCUT2D eigenvalue weighted by Crippen LogP contribution is 2.29. The van der Waals surface area contributed by atoms with Gasteiger partial charge in [0.05, 0.1) is 23.7 Å². The summed E-state index contributed by atoms with van der Waals surface area (Å²) in [4.78, 5) is 11.9. The van der Waals surface area contributed by atoms with E-state index in [0.717, 1.165) is 6.07 Å². The zero-order chi connectivity index (χ0) is 15.8. The first kappa shape index (κ1) is 19.4. The van der Waals surface area contributed by atoms with E-state index in [2.05, 4.69) is 10.6 Å². The number of halogens is 6. The molecule has 1 heterocycles. The quantitative estimate of drug-likeness (QED) is 0.788. The highest BCUT2D eigenvalue weighted by atomic mass is 35.5. The van der Waals surface area contributed by atoms with Crippen molar-refractivity contribution >= 4 is 41.5 Å². The zero-order valence-corrected chi connectivity index (χ0v) is 13.8. The molecule has 0 spiro atoms. The maximum atomic E-state index is 13.4. The molecule has 1 aromatic rings. The third-order valence-electron chi connectivity index (χ3n) is 3.29. The van der Waals surface area contributed by atoms with Crippen molar-refractivity contribution in [1.29, 1.82) is 0 Å². The van der Waals surface area contributed by atoms with Gasteiger partial charge in [-0.1, -0.05) is 23.2 Å². The number of rotatable bonds is 3. The second-order valence-corrected chi connectivity index (χ2v) is 5.83. The van der Waals surface area contributed by atoms with Crippen LogP contribution in [0.1, 0.15) is 24.9 Å². The number of hydrogen-bond donors (Lipinski definition) is 2. The lowest BCUT2D eigenvalue weighted by molar-refractivity contribution is -0.124. The van der Waals surface area contributed by atoms with Crippen molar-refractivity contribution < 1.29 is 18.0 Å². The summed E-state index contributed by atoms with van der Waals surface area (Å²) in [6.45, 7) is 1.05. The Hall–Kier alpha value is -0.690. The van der Waals surface area contributed by atoms with E-state index < -0.39 is 42.7 Å². The lowest BCUT2D eigenvalue weighted by Gasteiger charge is -2.19. The molecule has 2 rings (SSSR count). The Balaban J connectivity index is 0.00000242. The number of carbonyl (C=O) groups excluding carboxylic acids is 1. The molecule has 2 N–H and O–H groups in total. The first-order valence-corrected chi connectivity index (χ1v) is 7.01. The molecular weight excluding hydrogens is 364 g/mol. The molecule has 1 aliphatic rings. The molecule has 0 bridgehead atoms. The van der Waals surface area contributed by atoms with E-state index in [9.17, 15) is 18.0 Å². The van der Waals surface area contributed by atoms with E-state index in [-0.39, 0.29) is 22.5 Å². The van der Waals surface area contributed by atoms with Crippen molar-refractivity contribution in [3.63, 3.8) is 0 Å². The number of carbonyl (C=O) groups is 1. The molecule has 1 saturated heterocycles. The summed E-state index contributed by atoms with van der Waals surface area (Å²) in [5.74, 6) is -4.14. The third kappa shape index (κ3) is 4.41. The Bertz CT molecular complexity index is 572. The Kier molecular flexibility index (Phi) is 6.38. The predicted molar refractivity (Wildman–Crippen MR) is 81.6 cm³/mol. The smallest absolute Gasteiger partial charge is 0.262 e. The van der Waals surface area contributed by atoms with E-state index >= 15 is 0 Å². The van der Waals surface area contributed by atoms with Gasteiger partial charge in [0.25, 0.3) is 5.92 Å². The second kappa shape index (κ2) is 7.25. The third-order valence-corrected chi connectivity index (χ3v) is 3.91. The zero-order valence-electron chi connectivity index (χ0n) is 11.4. The van der Waals surface area contributed by atoms with E-state index in [1.807, 2.05) is 0 Å². The van der Waals surface area contributed by atoms with E-state index in [0.29, 0.717) is 5.56 Å². The van der Waals surface area contributed by atoms with Crippen molar-refractivity contribution in [3.8, 4) is 0 Å². The van der Waals surface area contributed by atoms with Gasteiger partial charge in [-0.3, -0.25) is 10.1 Å². The van der Waals surface area contributed by atoms with E-state index in [1.54, 1.807) is 6.92 Å². The fraction of sp³-hybridized carbons (Fsp3) is 0.462. The van der Waals surface area contributed by atoms with Crippen LogP contribution in [0.2, 0.25) is 10.0 Å².